The standard InChI is InChI=1S/C13H15N3O/c1-10(7-14)8-16-12-6-4-3-5-11(12)15-13(16)9-17-2/h3-6,10H,8-9H2,1-2H3. The molecule has 4 heteroatoms. The number of rotatable bonds is 4. The summed E-state index contributed by atoms with van der Waals surface area (Å²) in [5.41, 5.74) is 2.01. The van der Waals surface area contributed by atoms with E-state index < -0.39 is 0 Å². The van der Waals surface area contributed by atoms with E-state index in [-0.39, 0.29) is 5.92 Å². The van der Waals surface area contributed by atoms with Crippen LogP contribution in [0, 0.1) is 17.2 Å². The summed E-state index contributed by atoms with van der Waals surface area (Å²) in [7, 11) is 1.65. The second-order valence-corrected chi connectivity index (χ2v) is 4.09. The van der Waals surface area contributed by atoms with E-state index in [0.29, 0.717) is 13.2 Å². The molecular weight excluding hydrogens is 214 g/mol. The van der Waals surface area contributed by atoms with Crippen LogP contribution in [-0.2, 0) is 17.9 Å². The maximum Gasteiger partial charge on any atom is 0.136 e. The third-order valence-electron chi connectivity index (χ3n) is 2.68. The highest BCUT2D eigenvalue weighted by Crippen LogP contribution is 2.18. The fraction of sp³-hybridized carbons (Fsp3) is 0.385. The Hall–Kier alpha value is -1.86. The summed E-state index contributed by atoms with van der Waals surface area (Å²) in [5.74, 6) is 0.832. The highest BCUT2D eigenvalue weighted by Gasteiger charge is 2.12. The van der Waals surface area contributed by atoms with E-state index in [0.717, 1.165) is 16.9 Å². The third-order valence-corrected chi connectivity index (χ3v) is 2.68. The van der Waals surface area contributed by atoms with Crippen molar-refractivity contribution in [3.8, 4) is 6.07 Å². The predicted molar refractivity (Wildman–Crippen MR) is 65.2 cm³/mol. The molecule has 4 nitrogen and oxygen atoms in total. The molecule has 0 amide bonds. The van der Waals surface area contributed by atoms with Crippen LogP contribution in [0.5, 0.6) is 0 Å². The van der Waals surface area contributed by atoms with Crippen LogP contribution >= 0.6 is 0 Å². The molecule has 1 atom stereocenters. The quantitative estimate of drug-likeness (QED) is 0.808. The van der Waals surface area contributed by atoms with Gasteiger partial charge in [0.1, 0.15) is 12.4 Å². The van der Waals surface area contributed by atoms with Crippen molar-refractivity contribution < 1.29 is 4.74 Å². The molecule has 17 heavy (non-hydrogen) atoms. The largest absolute Gasteiger partial charge is 0.377 e. The fourth-order valence-corrected chi connectivity index (χ4v) is 1.88. The second-order valence-electron chi connectivity index (χ2n) is 4.09. The lowest BCUT2D eigenvalue weighted by Crippen LogP contribution is -2.10. The van der Waals surface area contributed by atoms with Gasteiger partial charge in [0.25, 0.3) is 0 Å². The molecule has 1 aromatic heterocycles. The van der Waals surface area contributed by atoms with Crippen LogP contribution in [0.15, 0.2) is 24.3 Å². The molecule has 0 saturated heterocycles. The SMILES string of the molecule is COCc1nc2ccccc2n1CC(C)C#N. The molecule has 2 rings (SSSR count). The van der Waals surface area contributed by atoms with Crippen LogP contribution < -0.4 is 0 Å². The number of para-hydroxylation sites is 2. The smallest absolute Gasteiger partial charge is 0.136 e. The van der Waals surface area contributed by atoms with E-state index in [1.165, 1.54) is 0 Å². The molecule has 2 aromatic rings. The van der Waals surface area contributed by atoms with Crippen molar-refractivity contribution >= 4 is 11.0 Å². The van der Waals surface area contributed by atoms with Crippen molar-refractivity contribution in [2.75, 3.05) is 7.11 Å². The number of hydrogen-bond acceptors (Lipinski definition) is 3. The zero-order valence-corrected chi connectivity index (χ0v) is 10.1. The molecule has 0 aliphatic heterocycles. The molecule has 1 heterocycles. The van der Waals surface area contributed by atoms with Crippen LogP contribution in [0.2, 0.25) is 0 Å². The van der Waals surface area contributed by atoms with Crippen LogP contribution in [0.25, 0.3) is 11.0 Å². The van der Waals surface area contributed by atoms with Gasteiger partial charge < -0.3 is 9.30 Å². The Morgan fingerprint density at radius 3 is 2.94 bits per heavy atom. The Bertz CT molecular complexity index is 553. The number of fused-ring (bicyclic) bond motifs is 1. The Morgan fingerprint density at radius 2 is 2.24 bits per heavy atom. The van der Waals surface area contributed by atoms with Gasteiger partial charge in [-0.25, -0.2) is 4.98 Å². The molecule has 88 valence electrons. The molecule has 0 spiro atoms. The van der Waals surface area contributed by atoms with Crippen molar-refractivity contribution in [3.05, 3.63) is 30.1 Å². The van der Waals surface area contributed by atoms with Crippen molar-refractivity contribution in [2.45, 2.75) is 20.1 Å². The molecule has 1 unspecified atom stereocenters. The van der Waals surface area contributed by atoms with E-state index in [4.69, 9.17) is 10.00 Å². The molecule has 0 aliphatic rings. The number of nitriles is 1. The molecule has 0 fully saturated rings. The lowest BCUT2D eigenvalue weighted by Gasteiger charge is -2.09. The lowest BCUT2D eigenvalue weighted by molar-refractivity contribution is 0.174. The maximum atomic E-state index is 8.91. The first-order valence-electron chi connectivity index (χ1n) is 5.59. The summed E-state index contributed by atoms with van der Waals surface area (Å²) in [4.78, 5) is 4.52. The van der Waals surface area contributed by atoms with Crippen LogP contribution in [-0.4, -0.2) is 16.7 Å². The second kappa shape index (κ2) is 4.98. The van der Waals surface area contributed by atoms with Crippen molar-refractivity contribution in [1.29, 1.82) is 5.26 Å². The zero-order chi connectivity index (χ0) is 12.3. The van der Waals surface area contributed by atoms with Crippen LogP contribution in [0.3, 0.4) is 0 Å². The van der Waals surface area contributed by atoms with Crippen LogP contribution in [0.1, 0.15) is 12.7 Å². The van der Waals surface area contributed by atoms with E-state index >= 15 is 0 Å². The summed E-state index contributed by atoms with van der Waals surface area (Å²) in [6, 6.07) is 10.2. The Balaban J connectivity index is 2.48. The molecule has 0 aliphatic carbocycles. The van der Waals surface area contributed by atoms with Gasteiger partial charge in [-0.15, -0.1) is 0 Å². The number of aromatic nitrogens is 2. The predicted octanol–water partition coefficient (Wildman–Crippen LogP) is 2.34. The van der Waals surface area contributed by atoms with Gasteiger partial charge in [-0.3, -0.25) is 0 Å². The summed E-state index contributed by atoms with van der Waals surface area (Å²) >= 11 is 0. The van der Waals surface area contributed by atoms with Crippen molar-refractivity contribution in [1.82, 2.24) is 9.55 Å². The van der Waals surface area contributed by atoms with Gasteiger partial charge >= 0.3 is 0 Å². The highest BCUT2D eigenvalue weighted by molar-refractivity contribution is 5.75. The molecule has 0 bridgehead atoms. The number of methoxy groups -OCH3 is 1. The maximum absolute atomic E-state index is 8.91. The minimum Gasteiger partial charge on any atom is -0.377 e. The first-order valence-corrected chi connectivity index (χ1v) is 5.59. The third kappa shape index (κ3) is 2.29. The van der Waals surface area contributed by atoms with Gasteiger partial charge in [-0.2, -0.15) is 5.26 Å². The fourth-order valence-electron chi connectivity index (χ4n) is 1.88. The summed E-state index contributed by atoms with van der Waals surface area (Å²) in [6.07, 6.45) is 0. The first kappa shape index (κ1) is 11.6. The summed E-state index contributed by atoms with van der Waals surface area (Å²) in [5, 5.41) is 8.91. The molecule has 0 saturated carbocycles. The molecule has 0 radical (unpaired) electrons. The number of benzene rings is 1. The monoisotopic (exact) mass is 229 g/mol. The van der Waals surface area contributed by atoms with Crippen LogP contribution in [0.4, 0.5) is 0 Å². The average Bonchev–Trinajstić information content (AvgIpc) is 2.68. The summed E-state index contributed by atoms with van der Waals surface area (Å²) in [6.45, 7) is 3.02. The Morgan fingerprint density at radius 1 is 1.47 bits per heavy atom. The van der Waals surface area contributed by atoms with Gasteiger partial charge in [0.15, 0.2) is 0 Å². The van der Waals surface area contributed by atoms with E-state index in [1.807, 2.05) is 31.2 Å². The van der Waals surface area contributed by atoms with Gasteiger partial charge in [0.05, 0.1) is 23.0 Å². The number of nitrogens with zero attached hydrogens (tertiary/aromatic N) is 3. The minimum atomic E-state index is -0.0387. The van der Waals surface area contributed by atoms with Gasteiger partial charge in [0, 0.05) is 13.7 Å². The number of imidazole rings is 1. The molecule has 1 aromatic carbocycles. The Kier molecular flexibility index (Phi) is 3.40. The molecule has 0 N–H and O–H groups in total. The van der Waals surface area contributed by atoms with Gasteiger partial charge in [-0.05, 0) is 19.1 Å². The van der Waals surface area contributed by atoms with E-state index in [2.05, 4.69) is 15.6 Å². The van der Waals surface area contributed by atoms with E-state index in [9.17, 15) is 0 Å². The normalized spacial score (nSPS) is 12.5. The number of hydrogen-bond donors (Lipinski definition) is 0. The lowest BCUT2D eigenvalue weighted by atomic mass is 10.2. The average molecular weight is 229 g/mol. The highest BCUT2D eigenvalue weighted by atomic mass is 16.5. The zero-order valence-electron chi connectivity index (χ0n) is 10.1. The van der Waals surface area contributed by atoms with E-state index in [1.54, 1.807) is 7.11 Å². The first-order chi connectivity index (χ1) is 8.26. The minimum absolute atomic E-state index is 0.0387. The Labute approximate surface area is 100 Å². The topological polar surface area (TPSA) is 50.8 Å². The summed E-state index contributed by atoms with van der Waals surface area (Å²) < 4.78 is 7.21. The van der Waals surface area contributed by atoms with Crippen molar-refractivity contribution in [3.63, 3.8) is 0 Å². The van der Waals surface area contributed by atoms with Gasteiger partial charge in [-0.1, -0.05) is 12.1 Å². The van der Waals surface area contributed by atoms with Crippen molar-refractivity contribution in [2.24, 2.45) is 5.92 Å². The number of ether oxygens (including phenoxy) is 1. The molecular formula is C13H15N3O. The van der Waals surface area contributed by atoms with Gasteiger partial charge in [0.2, 0.25) is 0 Å².